The second kappa shape index (κ2) is 5.78. The molecule has 1 N–H and O–H groups in total. The number of hydroxylamine groups is 2. The zero-order valence-electron chi connectivity index (χ0n) is 11.8. The molecular weight excluding hydrogens is 246 g/mol. The van der Waals surface area contributed by atoms with Crippen molar-refractivity contribution in [2.45, 2.75) is 31.8 Å². The van der Waals surface area contributed by atoms with Crippen molar-refractivity contribution in [1.29, 1.82) is 0 Å². The van der Waals surface area contributed by atoms with Gasteiger partial charge in [0.2, 0.25) is 0 Å². The normalized spacial score (nSPS) is 27.4. The van der Waals surface area contributed by atoms with Crippen LogP contribution in [0, 0.1) is 5.92 Å². The molecule has 0 amide bonds. The quantitative estimate of drug-likeness (QED) is 0.860. The smallest absolute Gasteiger partial charge is 0.0632 e. The van der Waals surface area contributed by atoms with Crippen LogP contribution in [0.2, 0.25) is 0 Å². The highest BCUT2D eigenvalue weighted by Gasteiger charge is 2.35. The molecule has 0 bridgehead atoms. The molecule has 0 aliphatic carbocycles. The fourth-order valence-corrected chi connectivity index (χ4v) is 3.29. The van der Waals surface area contributed by atoms with Gasteiger partial charge in [0.05, 0.1) is 12.1 Å². The van der Waals surface area contributed by atoms with Gasteiger partial charge in [0.1, 0.15) is 0 Å². The number of piperidine rings is 1. The molecule has 2 heteroatoms. The van der Waals surface area contributed by atoms with Crippen LogP contribution < -0.4 is 0 Å². The molecule has 2 nitrogen and oxygen atoms in total. The van der Waals surface area contributed by atoms with E-state index in [1.165, 1.54) is 11.1 Å². The first kappa shape index (κ1) is 13.3. The minimum atomic E-state index is 0.0788. The Balaban J connectivity index is 1.90. The first-order valence-corrected chi connectivity index (χ1v) is 7.34. The lowest BCUT2D eigenvalue weighted by Crippen LogP contribution is -2.38. The Bertz CT molecular complexity index is 540. The van der Waals surface area contributed by atoms with Gasteiger partial charge in [0.25, 0.3) is 0 Å². The molecule has 1 fully saturated rings. The van der Waals surface area contributed by atoms with Crippen molar-refractivity contribution in [1.82, 2.24) is 5.06 Å². The molecular formula is C18H21NO. The van der Waals surface area contributed by atoms with Gasteiger partial charge in [0, 0.05) is 0 Å². The molecule has 3 unspecified atom stereocenters. The Morgan fingerprint density at radius 2 is 1.40 bits per heavy atom. The lowest BCUT2D eigenvalue weighted by molar-refractivity contribution is -0.196. The number of hydrogen-bond acceptors (Lipinski definition) is 2. The second-order valence-electron chi connectivity index (χ2n) is 5.72. The molecule has 0 saturated carbocycles. The minimum absolute atomic E-state index is 0.0788. The van der Waals surface area contributed by atoms with Gasteiger partial charge in [0.15, 0.2) is 0 Å². The third-order valence-electron chi connectivity index (χ3n) is 4.36. The van der Waals surface area contributed by atoms with Gasteiger partial charge >= 0.3 is 0 Å². The fourth-order valence-electron chi connectivity index (χ4n) is 3.29. The third kappa shape index (κ3) is 2.49. The Morgan fingerprint density at radius 1 is 0.850 bits per heavy atom. The monoisotopic (exact) mass is 267 g/mol. The Labute approximate surface area is 120 Å². The molecule has 1 heterocycles. The van der Waals surface area contributed by atoms with E-state index in [1.54, 1.807) is 5.06 Å². The van der Waals surface area contributed by atoms with E-state index in [-0.39, 0.29) is 12.1 Å². The van der Waals surface area contributed by atoms with Gasteiger partial charge in [-0.1, -0.05) is 67.6 Å². The van der Waals surface area contributed by atoms with Gasteiger partial charge in [-0.25, -0.2) is 0 Å². The average molecular weight is 267 g/mol. The van der Waals surface area contributed by atoms with Crippen molar-refractivity contribution in [3.63, 3.8) is 0 Å². The van der Waals surface area contributed by atoms with E-state index in [1.807, 2.05) is 36.4 Å². The van der Waals surface area contributed by atoms with E-state index < -0.39 is 0 Å². The van der Waals surface area contributed by atoms with Gasteiger partial charge in [-0.3, -0.25) is 0 Å². The maximum absolute atomic E-state index is 10.7. The van der Waals surface area contributed by atoms with Crippen molar-refractivity contribution in [3.05, 3.63) is 71.8 Å². The highest BCUT2D eigenvalue weighted by molar-refractivity contribution is 5.24. The summed E-state index contributed by atoms with van der Waals surface area (Å²) >= 11 is 0. The van der Waals surface area contributed by atoms with Crippen LogP contribution in [0.4, 0.5) is 0 Å². The minimum Gasteiger partial charge on any atom is -0.313 e. The highest BCUT2D eigenvalue weighted by atomic mass is 16.5. The summed E-state index contributed by atoms with van der Waals surface area (Å²) in [7, 11) is 0. The summed E-state index contributed by atoms with van der Waals surface area (Å²) in [6.07, 6.45) is 2.14. The van der Waals surface area contributed by atoms with E-state index >= 15 is 0 Å². The van der Waals surface area contributed by atoms with Crippen molar-refractivity contribution < 1.29 is 5.21 Å². The van der Waals surface area contributed by atoms with Crippen LogP contribution >= 0.6 is 0 Å². The molecule has 1 aliphatic heterocycles. The third-order valence-corrected chi connectivity index (χ3v) is 4.36. The highest BCUT2D eigenvalue weighted by Crippen LogP contribution is 2.43. The topological polar surface area (TPSA) is 23.5 Å². The van der Waals surface area contributed by atoms with Crippen LogP contribution in [-0.2, 0) is 0 Å². The van der Waals surface area contributed by atoms with E-state index in [0.717, 1.165) is 12.8 Å². The van der Waals surface area contributed by atoms with E-state index in [9.17, 15) is 5.21 Å². The van der Waals surface area contributed by atoms with Crippen molar-refractivity contribution in [3.8, 4) is 0 Å². The molecule has 2 aromatic carbocycles. The van der Waals surface area contributed by atoms with Gasteiger partial charge in [-0.15, -0.1) is 0 Å². The van der Waals surface area contributed by atoms with Crippen LogP contribution in [0.5, 0.6) is 0 Å². The summed E-state index contributed by atoms with van der Waals surface area (Å²) < 4.78 is 0. The van der Waals surface area contributed by atoms with E-state index in [0.29, 0.717) is 5.92 Å². The Hall–Kier alpha value is -1.64. The van der Waals surface area contributed by atoms with E-state index in [4.69, 9.17) is 0 Å². The predicted molar refractivity (Wildman–Crippen MR) is 80.4 cm³/mol. The zero-order valence-corrected chi connectivity index (χ0v) is 11.8. The number of hydrogen-bond donors (Lipinski definition) is 1. The summed E-state index contributed by atoms with van der Waals surface area (Å²) in [5, 5.41) is 12.3. The summed E-state index contributed by atoms with van der Waals surface area (Å²) in [4.78, 5) is 0. The SMILES string of the molecule is CC1CCC(c2ccccc2)N(O)C1c1ccccc1. The summed E-state index contributed by atoms with van der Waals surface area (Å²) in [5.41, 5.74) is 2.39. The molecule has 0 spiro atoms. The number of nitrogens with zero attached hydrogens (tertiary/aromatic N) is 1. The second-order valence-corrected chi connectivity index (χ2v) is 5.72. The molecule has 0 radical (unpaired) electrons. The van der Waals surface area contributed by atoms with Crippen molar-refractivity contribution in [2.24, 2.45) is 5.92 Å². The fraction of sp³-hybridized carbons (Fsp3) is 0.333. The maximum atomic E-state index is 10.7. The maximum Gasteiger partial charge on any atom is 0.0632 e. The van der Waals surface area contributed by atoms with Crippen LogP contribution in [0.25, 0.3) is 0 Å². The van der Waals surface area contributed by atoms with Gasteiger partial charge in [-0.05, 0) is 29.9 Å². The lowest BCUT2D eigenvalue weighted by Gasteiger charge is -2.42. The molecule has 1 saturated heterocycles. The predicted octanol–water partition coefficient (Wildman–Crippen LogP) is 4.59. The van der Waals surface area contributed by atoms with Crippen molar-refractivity contribution in [2.75, 3.05) is 0 Å². The summed E-state index contributed by atoms with van der Waals surface area (Å²) in [5.74, 6) is 0.461. The van der Waals surface area contributed by atoms with Crippen LogP contribution in [0.1, 0.15) is 43.0 Å². The molecule has 2 aromatic rings. The molecule has 3 rings (SSSR count). The standard InChI is InChI=1S/C18H21NO/c1-14-12-13-17(15-8-4-2-5-9-15)19(20)18(14)16-10-6-3-7-11-16/h2-11,14,17-18,20H,12-13H2,1H3. The first-order chi connectivity index (χ1) is 9.77. The van der Waals surface area contributed by atoms with Crippen molar-refractivity contribution >= 4 is 0 Å². The molecule has 0 aromatic heterocycles. The number of rotatable bonds is 2. The summed E-state index contributed by atoms with van der Waals surface area (Å²) in [6, 6.07) is 20.8. The lowest BCUT2D eigenvalue weighted by atomic mass is 9.82. The Morgan fingerprint density at radius 3 is 2.00 bits per heavy atom. The van der Waals surface area contributed by atoms with Crippen LogP contribution in [-0.4, -0.2) is 10.3 Å². The average Bonchev–Trinajstić information content (AvgIpc) is 2.49. The van der Waals surface area contributed by atoms with Crippen LogP contribution in [0.3, 0.4) is 0 Å². The summed E-state index contributed by atoms with van der Waals surface area (Å²) in [6.45, 7) is 2.22. The Kier molecular flexibility index (Phi) is 3.86. The first-order valence-electron chi connectivity index (χ1n) is 7.34. The van der Waals surface area contributed by atoms with E-state index in [2.05, 4.69) is 31.2 Å². The van der Waals surface area contributed by atoms with Gasteiger partial charge in [-0.2, -0.15) is 5.06 Å². The molecule has 3 atom stereocenters. The molecule has 1 aliphatic rings. The largest absolute Gasteiger partial charge is 0.313 e. The molecule has 20 heavy (non-hydrogen) atoms. The van der Waals surface area contributed by atoms with Crippen LogP contribution in [0.15, 0.2) is 60.7 Å². The zero-order chi connectivity index (χ0) is 13.9. The van der Waals surface area contributed by atoms with Gasteiger partial charge < -0.3 is 5.21 Å². The number of benzene rings is 2. The molecule has 104 valence electrons.